The molecule has 0 unspecified atom stereocenters. The van der Waals surface area contributed by atoms with Gasteiger partial charge in [0.1, 0.15) is 11.5 Å². The second-order valence-electron chi connectivity index (χ2n) is 4.64. The van der Waals surface area contributed by atoms with E-state index in [9.17, 15) is 0 Å². The van der Waals surface area contributed by atoms with E-state index in [0.29, 0.717) is 12.5 Å². The molecule has 0 amide bonds. The fourth-order valence-electron chi connectivity index (χ4n) is 2.07. The zero-order chi connectivity index (χ0) is 15.2. The van der Waals surface area contributed by atoms with Crippen LogP contribution in [0.4, 0.5) is 5.69 Å². The van der Waals surface area contributed by atoms with E-state index in [1.807, 2.05) is 38.1 Å². The second-order valence-corrected chi connectivity index (χ2v) is 4.64. The molecule has 1 aromatic carbocycles. The summed E-state index contributed by atoms with van der Waals surface area (Å²) in [5.41, 5.74) is 8.67. The Balaban J connectivity index is 1.96. The van der Waals surface area contributed by atoms with E-state index in [1.54, 1.807) is 7.11 Å². The molecule has 0 spiro atoms. The lowest BCUT2D eigenvalue weighted by Gasteiger charge is -2.10. The van der Waals surface area contributed by atoms with Gasteiger partial charge < -0.3 is 20.3 Å². The quantitative estimate of drug-likeness (QED) is 0.651. The third-order valence-corrected chi connectivity index (χ3v) is 3.19. The van der Waals surface area contributed by atoms with Crippen LogP contribution in [0.25, 0.3) is 0 Å². The van der Waals surface area contributed by atoms with Crippen LogP contribution in [0, 0.1) is 13.8 Å². The van der Waals surface area contributed by atoms with Gasteiger partial charge in [-0.1, -0.05) is 17.3 Å². The Hall–Kier alpha value is -2.50. The van der Waals surface area contributed by atoms with Gasteiger partial charge in [0.25, 0.3) is 0 Å². The van der Waals surface area contributed by atoms with Crippen LogP contribution in [-0.4, -0.2) is 24.8 Å². The maximum absolute atomic E-state index is 5.89. The summed E-state index contributed by atoms with van der Waals surface area (Å²) < 4.78 is 10.4. The number of aliphatic imine (C=N–C) groups is 1. The molecular formula is C15H20N4O2. The fraction of sp³-hybridized carbons (Fsp3) is 0.333. The summed E-state index contributed by atoms with van der Waals surface area (Å²) in [6.07, 6.45) is 0.746. The van der Waals surface area contributed by atoms with Crippen molar-refractivity contribution in [1.29, 1.82) is 0 Å². The number of aromatic nitrogens is 1. The largest absolute Gasteiger partial charge is 0.495 e. The van der Waals surface area contributed by atoms with E-state index in [2.05, 4.69) is 15.5 Å². The van der Waals surface area contributed by atoms with Crippen molar-refractivity contribution in [2.24, 2.45) is 10.7 Å². The highest BCUT2D eigenvalue weighted by Crippen LogP contribution is 2.22. The van der Waals surface area contributed by atoms with Gasteiger partial charge in [0, 0.05) is 12.1 Å². The first-order valence-corrected chi connectivity index (χ1v) is 6.73. The minimum absolute atomic E-state index is 0.353. The summed E-state index contributed by atoms with van der Waals surface area (Å²) in [7, 11) is 1.62. The first-order chi connectivity index (χ1) is 10.1. The standard InChI is InChI=1S/C15H20N4O2/c1-10-12(11(2)21-19-10)8-9-17-15(16)18-13-6-4-5-7-14(13)20-3/h4-7H,8-9H2,1-3H3,(H3,16,17,18). The van der Waals surface area contributed by atoms with Crippen molar-refractivity contribution in [1.82, 2.24) is 5.16 Å². The van der Waals surface area contributed by atoms with Crippen molar-refractivity contribution in [2.45, 2.75) is 20.3 Å². The monoisotopic (exact) mass is 288 g/mol. The maximum Gasteiger partial charge on any atom is 0.193 e. The van der Waals surface area contributed by atoms with Gasteiger partial charge >= 0.3 is 0 Å². The SMILES string of the molecule is COc1ccccc1NC(N)=NCCc1c(C)noc1C. The van der Waals surface area contributed by atoms with E-state index >= 15 is 0 Å². The molecule has 0 aliphatic heterocycles. The number of nitrogens with zero attached hydrogens (tertiary/aromatic N) is 2. The molecule has 6 nitrogen and oxygen atoms in total. The highest BCUT2D eigenvalue weighted by Gasteiger charge is 2.08. The first kappa shape index (κ1) is 14.9. The predicted molar refractivity (Wildman–Crippen MR) is 82.8 cm³/mol. The van der Waals surface area contributed by atoms with Crippen LogP contribution < -0.4 is 15.8 Å². The van der Waals surface area contributed by atoms with E-state index in [4.69, 9.17) is 15.0 Å². The summed E-state index contributed by atoms with van der Waals surface area (Å²) in [5, 5.41) is 6.95. The summed E-state index contributed by atoms with van der Waals surface area (Å²) in [6.45, 7) is 4.39. The van der Waals surface area contributed by atoms with E-state index in [-0.39, 0.29) is 0 Å². The molecule has 21 heavy (non-hydrogen) atoms. The zero-order valence-electron chi connectivity index (χ0n) is 12.5. The van der Waals surface area contributed by atoms with Crippen LogP contribution in [0.3, 0.4) is 0 Å². The van der Waals surface area contributed by atoms with E-state index in [1.165, 1.54) is 0 Å². The van der Waals surface area contributed by atoms with Crippen molar-refractivity contribution < 1.29 is 9.26 Å². The number of hydrogen-bond acceptors (Lipinski definition) is 4. The van der Waals surface area contributed by atoms with Crippen LogP contribution >= 0.6 is 0 Å². The molecule has 2 rings (SSSR count). The molecule has 6 heteroatoms. The molecule has 0 bridgehead atoms. The molecule has 0 saturated heterocycles. The van der Waals surface area contributed by atoms with Gasteiger partial charge in [-0.15, -0.1) is 0 Å². The second kappa shape index (κ2) is 6.78. The van der Waals surface area contributed by atoms with Crippen molar-refractivity contribution in [3.8, 4) is 5.75 Å². The Morgan fingerprint density at radius 1 is 1.38 bits per heavy atom. The van der Waals surface area contributed by atoms with Gasteiger partial charge in [-0.05, 0) is 32.4 Å². The highest BCUT2D eigenvalue weighted by molar-refractivity contribution is 5.93. The van der Waals surface area contributed by atoms with Gasteiger partial charge in [0.2, 0.25) is 0 Å². The number of benzene rings is 1. The van der Waals surface area contributed by atoms with Gasteiger partial charge in [-0.3, -0.25) is 4.99 Å². The van der Waals surface area contributed by atoms with Gasteiger partial charge in [-0.2, -0.15) is 0 Å². The van der Waals surface area contributed by atoms with Crippen LogP contribution in [-0.2, 0) is 6.42 Å². The number of rotatable bonds is 5. The van der Waals surface area contributed by atoms with Gasteiger partial charge in [-0.25, -0.2) is 0 Å². The number of nitrogens with two attached hydrogens (primary N) is 1. The van der Waals surface area contributed by atoms with E-state index < -0.39 is 0 Å². The molecule has 0 atom stereocenters. The minimum atomic E-state index is 0.353. The average Bonchev–Trinajstić information content (AvgIpc) is 2.79. The number of para-hydroxylation sites is 2. The molecular weight excluding hydrogens is 268 g/mol. The summed E-state index contributed by atoms with van der Waals surface area (Å²) in [4.78, 5) is 4.31. The van der Waals surface area contributed by atoms with E-state index in [0.717, 1.165) is 34.9 Å². The molecule has 1 aromatic heterocycles. The summed E-state index contributed by atoms with van der Waals surface area (Å²) in [5.74, 6) is 1.91. The number of anilines is 1. The Kier molecular flexibility index (Phi) is 4.81. The summed E-state index contributed by atoms with van der Waals surface area (Å²) in [6, 6.07) is 7.55. The Bertz CT molecular complexity index is 615. The maximum atomic E-state index is 5.89. The molecule has 2 aromatic rings. The molecule has 0 saturated carbocycles. The predicted octanol–water partition coefficient (Wildman–Crippen LogP) is 2.27. The van der Waals surface area contributed by atoms with Crippen LogP contribution in [0.1, 0.15) is 17.0 Å². The fourth-order valence-corrected chi connectivity index (χ4v) is 2.07. The van der Waals surface area contributed by atoms with Crippen molar-refractivity contribution >= 4 is 11.6 Å². The molecule has 112 valence electrons. The topological polar surface area (TPSA) is 85.7 Å². The normalized spacial score (nSPS) is 11.5. The number of ether oxygens (including phenoxy) is 1. The number of methoxy groups -OCH3 is 1. The molecule has 0 aliphatic rings. The minimum Gasteiger partial charge on any atom is -0.495 e. The van der Waals surface area contributed by atoms with Gasteiger partial charge in [0.05, 0.1) is 18.5 Å². The first-order valence-electron chi connectivity index (χ1n) is 6.73. The Morgan fingerprint density at radius 3 is 2.81 bits per heavy atom. The third-order valence-electron chi connectivity index (χ3n) is 3.19. The van der Waals surface area contributed by atoms with Gasteiger partial charge in [0.15, 0.2) is 5.96 Å². The molecule has 0 fully saturated rings. The lowest BCUT2D eigenvalue weighted by atomic mass is 10.1. The van der Waals surface area contributed by atoms with Crippen molar-refractivity contribution in [2.75, 3.05) is 19.0 Å². The highest BCUT2D eigenvalue weighted by atomic mass is 16.5. The smallest absolute Gasteiger partial charge is 0.193 e. The van der Waals surface area contributed by atoms with Crippen LogP contribution in [0.15, 0.2) is 33.8 Å². The average molecular weight is 288 g/mol. The zero-order valence-corrected chi connectivity index (χ0v) is 12.5. The number of guanidine groups is 1. The van der Waals surface area contributed by atoms with Crippen LogP contribution in [0.2, 0.25) is 0 Å². The molecule has 0 radical (unpaired) electrons. The molecule has 0 aliphatic carbocycles. The molecule has 1 heterocycles. The Morgan fingerprint density at radius 2 is 2.14 bits per heavy atom. The van der Waals surface area contributed by atoms with Crippen molar-refractivity contribution in [3.05, 3.63) is 41.3 Å². The number of hydrogen-bond donors (Lipinski definition) is 2. The Labute approximate surface area is 124 Å². The number of nitrogens with one attached hydrogen (secondary N) is 1. The van der Waals surface area contributed by atoms with Crippen LogP contribution in [0.5, 0.6) is 5.75 Å². The summed E-state index contributed by atoms with van der Waals surface area (Å²) >= 11 is 0. The molecule has 3 N–H and O–H groups in total. The lowest BCUT2D eigenvalue weighted by Crippen LogP contribution is -2.23. The lowest BCUT2D eigenvalue weighted by molar-refractivity contribution is 0.392. The number of aryl methyl sites for hydroxylation is 2. The van der Waals surface area contributed by atoms with Crippen molar-refractivity contribution in [3.63, 3.8) is 0 Å². The third kappa shape index (κ3) is 3.75.